The van der Waals surface area contributed by atoms with Crippen LogP contribution < -0.4 is 5.32 Å². The van der Waals surface area contributed by atoms with Gasteiger partial charge < -0.3 is 14.6 Å². The molecule has 0 saturated heterocycles. The minimum Gasteiger partial charge on any atom is -0.452 e. The van der Waals surface area contributed by atoms with Gasteiger partial charge in [-0.1, -0.05) is 12.1 Å². The van der Waals surface area contributed by atoms with Gasteiger partial charge in [0.15, 0.2) is 6.61 Å². The molecule has 0 aliphatic heterocycles. The number of amides is 1. The zero-order valence-electron chi connectivity index (χ0n) is 14.9. The van der Waals surface area contributed by atoms with E-state index in [0.29, 0.717) is 23.7 Å². The number of nitriles is 1. The van der Waals surface area contributed by atoms with E-state index in [1.165, 1.54) is 0 Å². The Bertz CT molecular complexity index is 871. The zero-order valence-corrected chi connectivity index (χ0v) is 14.9. The minimum absolute atomic E-state index is 0.325. The highest BCUT2D eigenvalue weighted by Gasteiger charge is 2.28. The molecule has 2 aromatic rings. The molecule has 1 saturated carbocycles. The molecule has 6 nitrogen and oxygen atoms in total. The first-order chi connectivity index (χ1) is 12.5. The van der Waals surface area contributed by atoms with Crippen molar-refractivity contribution in [2.45, 2.75) is 39.2 Å². The monoisotopic (exact) mass is 351 g/mol. The van der Waals surface area contributed by atoms with Crippen LogP contribution in [0.15, 0.2) is 30.3 Å². The fourth-order valence-corrected chi connectivity index (χ4v) is 3.08. The molecule has 134 valence electrons. The molecular formula is C20H21N3O3. The van der Waals surface area contributed by atoms with E-state index in [2.05, 4.69) is 16.0 Å². The number of hydrogen-bond donors (Lipinski definition) is 1. The normalized spacial score (nSPS) is 13.1. The molecule has 1 aromatic heterocycles. The minimum atomic E-state index is -0.482. The number of anilines is 1. The number of hydrogen-bond acceptors (Lipinski definition) is 4. The Labute approximate surface area is 152 Å². The largest absolute Gasteiger partial charge is 0.452 e. The predicted octanol–water partition coefficient (Wildman–Crippen LogP) is 3.30. The van der Waals surface area contributed by atoms with Crippen molar-refractivity contribution in [3.8, 4) is 6.07 Å². The van der Waals surface area contributed by atoms with Crippen molar-refractivity contribution < 1.29 is 14.3 Å². The van der Waals surface area contributed by atoms with Gasteiger partial charge in [-0.3, -0.25) is 4.79 Å². The standard InChI is InChI=1S/C20H21N3O3/c1-13-11-18(14(2)23(13)17-7-8-17)20(25)26-12-19(24)22-16-5-3-15(4-6-16)9-10-21/h3-6,11,17H,7-9,12H2,1-2H3,(H,22,24). The molecule has 0 radical (unpaired) electrons. The Balaban J connectivity index is 1.55. The van der Waals surface area contributed by atoms with E-state index in [0.717, 1.165) is 29.8 Å². The summed E-state index contributed by atoms with van der Waals surface area (Å²) in [5.74, 6) is -0.882. The number of nitrogens with zero attached hydrogens (tertiary/aromatic N) is 2. The first-order valence-electron chi connectivity index (χ1n) is 8.61. The molecule has 1 fully saturated rings. The van der Waals surface area contributed by atoms with Gasteiger partial charge in [0, 0.05) is 23.1 Å². The summed E-state index contributed by atoms with van der Waals surface area (Å²) in [5.41, 5.74) is 3.92. The molecule has 26 heavy (non-hydrogen) atoms. The highest BCUT2D eigenvalue weighted by atomic mass is 16.5. The van der Waals surface area contributed by atoms with Gasteiger partial charge >= 0.3 is 5.97 Å². The van der Waals surface area contributed by atoms with Gasteiger partial charge in [-0.25, -0.2) is 4.79 Å². The lowest BCUT2D eigenvalue weighted by atomic mass is 10.1. The molecule has 0 unspecified atom stereocenters. The van der Waals surface area contributed by atoms with E-state index >= 15 is 0 Å². The molecule has 1 heterocycles. The number of esters is 1. The number of nitrogens with one attached hydrogen (secondary N) is 1. The van der Waals surface area contributed by atoms with Crippen molar-refractivity contribution in [1.82, 2.24) is 4.57 Å². The number of ether oxygens (including phenoxy) is 1. The highest BCUT2D eigenvalue weighted by Crippen LogP contribution is 2.38. The van der Waals surface area contributed by atoms with Gasteiger partial charge in [-0.05, 0) is 50.5 Å². The second kappa shape index (κ2) is 7.44. The van der Waals surface area contributed by atoms with Gasteiger partial charge in [-0.15, -0.1) is 0 Å². The Morgan fingerprint density at radius 3 is 2.58 bits per heavy atom. The van der Waals surface area contributed by atoms with Crippen molar-refractivity contribution in [3.05, 3.63) is 52.8 Å². The van der Waals surface area contributed by atoms with Crippen molar-refractivity contribution in [1.29, 1.82) is 5.26 Å². The summed E-state index contributed by atoms with van der Waals surface area (Å²) in [4.78, 5) is 24.3. The lowest BCUT2D eigenvalue weighted by molar-refractivity contribution is -0.119. The van der Waals surface area contributed by atoms with E-state index in [4.69, 9.17) is 10.00 Å². The molecule has 3 rings (SSSR count). The van der Waals surface area contributed by atoms with Crippen LogP contribution in [0.5, 0.6) is 0 Å². The van der Waals surface area contributed by atoms with E-state index in [-0.39, 0.29) is 6.61 Å². The third-order valence-corrected chi connectivity index (χ3v) is 4.47. The maximum Gasteiger partial charge on any atom is 0.340 e. The van der Waals surface area contributed by atoms with E-state index in [1.54, 1.807) is 24.3 Å². The zero-order chi connectivity index (χ0) is 18.7. The second-order valence-corrected chi connectivity index (χ2v) is 6.54. The molecule has 1 aliphatic rings. The van der Waals surface area contributed by atoms with Crippen LogP contribution in [-0.2, 0) is 16.0 Å². The molecular weight excluding hydrogens is 330 g/mol. The van der Waals surface area contributed by atoms with Crippen molar-refractivity contribution in [2.24, 2.45) is 0 Å². The summed E-state index contributed by atoms with van der Waals surface area (Å²) in [6.07, 6.45) is 2.60. The van der Waals surface area contributed by atoms with Crippen molar-refractivity contribution in [3.63, 3.8) is 0 Å². The lowest BCUT2D eigenvalue weighted by Crippen LogP contribution is -2.21. The third-order valence-electron chi connectivity index (χ3n) is 4.47. The fraction of sp³-hybridized carbons (Fsp3) is 0.350. The van der Waals surface area contributed by atoms with Gasteiger partial charge in [0.05, 0.1) is 18.1 Å². The van der Waals surface area contributed by atoms with E-state index < -0.39 is 11.9 Å². The molecule has 1 aliphatic carbocycles. The first kappa shape index (κ1) is 17.7. The smallest absolute Gasteiger partial charge is 0.340 e. The molecule has 1 aromatic carbocycles. The SMILES string of the molecule is Cc1cc(C(=O)OCC(=O)Nc2ccc(CC#N)cc2)c(C)n1C1CC1. The summed E-state index contributed by atoms with van der Waals surface area (Å²) in [7, 11) is 0. The number of carbonyl (C=O) groups excluding carboxylic acids is 2. The average Bonchev–Trinajstić information content (AvgIpc) is 3.40. The number of aryl methyl sites for hydroxylation is 1. The van der Waals surface area contributed by atoms with Crippen LogP contribution in [0.3, 0.4) is 0 Å². The molecule has 0 atom stereocenters. The maximum atomic E-state index is 12.3. The summed E-state index contributed by atoms with van der Waals surface area (Å²) >= 11 is 0. The summed E-state index contributed by atoms with van der Waals surface area (Å²) in [6.45, 7) is 3.54. The van der Waals surface area contributed by atoms with Gasteiger partial charge in [0.25, 0.3) is 5.91 Å². The predicted molar refractivity (Wildman–Crippen MR) is 96.8 cm³/mol. The Kier molecular flexibility index (Phi) is 5.08. The number of aromatic nitrogens is 1. The third kappa shape index (κ3) is 3.94. The Morgan fingerprint density at radius 1 is 1.27 bits per heavy atom. The molecule has 1 amide bonds. The van der Waals surface area contributed by atoms with Crippen molar-refractivity contribution in [2.75, 3.05) is 11.9 Å². The number of rotatable bonds is 6. The van der Waals surface area contributed by atoms with Crippen LogP contribution in [0.1, 0.15) is 46.2 Å². The van der Waals surface area contributed by atoms with Crippen LogP contribution in [0.25, 0.3) is 0 Å². The van der Waals surface area contributed by atoms with Gasteiger partial charge in [-0.2, -0.15) is 5.26 Å². The van der Waals surface area contributed by atoms with Crippen LogP contribution in [0.2, 0.25) is 0 Å². The Morgan fingerprint density at radius 2 is 1.96 bits per heavy atom. The fourth-order valence-electron chi connectivity index (χ4n) is 3.08. The lowest BCUT2D eigenvalue weighted by Gasteiger charge is -2.08. The van der Waals surface area contributed by atoms with E-state index in [9.17, 15) is 9.59 Å². The van der Waals surface area contributed by atoms with Crippen molar-refractivity contribution >= 4 is 17.6 Å². The molecule has 0 spiro atoms. The first-order valence-corrected chi connectivity index (χ1v) is 8.61. The quantitative estimate of drug-likeness (QED) is 0.809. The highest BCUT2D eigenvalue weighted by molar-refractivity contribution is 5.96. The van der Waals surface area contributed by atoms with Crippen LogP contribution >= 0.6 is 0 Å². The Hall–Kier alpha value is -3.07. The topological polar surface area (TPSA) is 84.1 Å². The number of benzene rings is 1. The second-order valence-electron chi connectivity index (χ2n) is 6.54. The van der Waals surface area contributed by atoms with E-state index in [1.807, 2.05) is 19.9 Å². The van der Waals surface area contributed by atoms with Gasteiger partial charge in [0.1, 0.15) is 0 Å². The summed E-state index contributed by atoms with van der Waals surface area (Å²) < 4.78 is 7.33. The molecule has 0 bridgehead atoms. The van der Waals surface area contributed by atoms with Crippen LogP contribution in [0.4, 0.5) is 5.69 Å². The summed E-state index contributed by atoms with van der Waals surface area (Å²) in [6, 6.07) is 11.4. The average molecular weight is 351 g/mol. The summed E-state index contributed by atoms with van der Waals surface area (Å²) in [5, 5.41) is 11.3. The molecule has 1 N–H and O–H groups in total. The van der Waals surface area contributed by atoms with Crippen LogP contribution in [-0.4, -0.2) is 23.1 Å². The van der Waals surface area contributed by atoms with Gasteiger partial charge in [0.2, 0.25) is 0 Å². The maximum absolute atomic E-state index is 12.3. The molecule has 6 heteroatoms. The van der Waals surface area contributed by atoms with Crippen LogP contribution in [0, 0.1) is 25.2 Å². The number of carbonyl (C=O) groups is 2.